The van der Waals surface area contributed by atoms with Gasteiger partial charge in [0, 0.05) is 17.1 Å². The summed E-state index contributed by atoms with van der Waals surface area (Å²) in [4.78, 5) is 10.7. The zero-order valence-corrected chi connectivity index (χ0v) is 12.9. The summed E-state index contributed by atoms with van der Waals surface area (Å²) in [5.74, 6) is 0. The molecule has 0 bridgehead atoms. The Morgan fingerprint density at radius 1 is 1.47 bits per heavy atom. The van der Waals surface area contributed by atoms with Crippen LogP contribution in [0.3, 0.4) is 0 Å². The molecule has 1 aromatic rings. The van der Waals surface area contributed by atoms with Crippen molar-refractivity contribution in [2.24, 2.45) is 0 Å². The quantitative estimate of drug-likeness (QED) is 0.465. The smallest absolute Gasteiger partial charge is 0.277 e. The van der Waals surface area contributed by atoms with E-state index in [1.165, 1.54) is 5.57 Å². The molecule has 0 aliphatic carbocycles. The van der Waals surface area contributed by atoms with E-state index in [-0.39, 0.29) is 10.6 Å². The molecule has 0 heterocycles. The van der Waals surface area contributed by atoms with Crippen molar-refractivity contribution in [1.29, 1.82) is 0 Å². The van der Waals surface area contributed by atoms with Crippen LogP contribution in [-0.4, -0.2) is 18.0 Å². The normalized spacial score (nSPS) is 11.6. The molecule has 4 nitrogen and oxygen atoms in total. The Morgan fingerprint density at radius 3 is 2.79 bits per heavy atom. The Bertz CT molecular complexity index is 473. The summed E-state index contributed by atoms with van der Waals surface area (Å²) in [7, 11) is 0. The third kappa shape index (κ3) is 5.12. The van der Waals surface area contributed by atoms with E-state index in [4.69, 9.17) is 0 Å². The minimum Gasteiger partial charge on any atom is -0.313 e. The first kappa shape index (κ1) is 15.9. The summed E-state index contributed by atoms with van der Waals surface area (Å²) in [6.45, 7) is 5.91. The van der Waals surface area contributed by atoms with Crippen LogP contribution in [0.5, 0.6) is 0 Å². The van der Waals surface area contributed by atoms with E-state index in [1.54, 1.807) is 12.1 Å². The average Bonchev–Trinajstić information content (AvgIpc) is 2.39. The molecule has 1 aromatic carbocycles. The van der Waals surface area contributed by atoms with Gasteiger partial charge in [-0.05, 0) is 37.6 Å². The van der Waals surface area contributed by atoms with Gasteiger partial charge >= 0.3 is 0 Å². The Kier molecular flexibility index (Phi) is 6.73. The number of rotatable bonds is 7. The van der Waals surface area contributed by atoms with Crippen LogP contribution in [0.1, 0.15) is 32.3 Å². The molecular formula is C14H19BrN2O2. The maximum Gasteiger partial charge on any atom is 0.277 e. The van der Waals surface area contributed by atoms with Crippen molar-refractivity contribution in [3.8, 4) is 0 Å². The summed E-state index contributed by atoms with van der Waals surface area (Å²) >= 11 is 3.26. The summed E-state index contributed by atoms with van der Waals surface area (Å²) in [6.07, 6.45) is 3.87. The summed E-state index contributed by atoms with van der Waals surface area (Å²) in [5.41, 5.74) is 1.96. The third-order valence-corrected chi connectivity index (χ3v) is 3.28. The van der Waals surface area contributed by atoms with E-state index >= 15 is 0 Å². The highest BCUT2D eigenvalue weighted by atomic mass is 79.9. The van der Waals surface area contributed by atoms with Gasteiger partial charge in [0.25, 0.3) is 5.69 Å². The van der Waals surface area contributed by atoms with Gasteiger partial charge in [0.1, 0.15) is 0 Å². The van der Waals surface area contributed by atoms with E-state index in [1.807, 2.05) is 12.1 Å². The average molecular weight is 327 g/mol. The molecule has 0 spiro atoms. The van der Waals surface area contributed by atoms with Crippen molar-refractivity contribution in [1.82, 2.24) is 5.32 Å². The molecule has 5 heteroatoms. The minimum atomic E-state index is -0.344. The van der Waals surface area contributed by atoms with Gasteiger partial charge in [0.2, 0.25) is 0 Å². The minimum absolute atomic E-state index is 0.135. The zero-order valence-electron chi connectivity index (χ0n) is 11.3. The second-order valence-corrected chi connectivity index (χ2v) is 5.21. The molecule has 104 valence electrons. The highest BCUT2D eigenvalue weighted by Gasteiger charge is 2.12. The van der Waals surface area contributed by atoms with E-state index in [9.17, 15) is 10.1 Å². The van der Waals surface area contributed by atoms with E-state index in [0.717, 1.165) is 30.4 Å². The summed E-state index contributed by atoms with van der Waals surface area (Å²) in [5, 5.41) is 14.4. The fourth-order valence-electron chi connectivity index (χ4n) is 1.72. The Labute approximate surface area is 122 Å². The van der Waals surface area contributed by atoms with Crippen molar-refractivity contribution >= 4 is 27.7 Å². The van der Waals surface area contributed by atoms with Gasteiger partial charge < -0.3 is 5.32 Å². The molecule has 0 radical (unpaired) electrons. The van der Waals surface area contributed by atoms with Crippen LogP contribution in [0.2, 0.25) is 0 Å². The van der Waals surface area contributed by atoms with Crippen LogP contribution in [0.4, 0.5) is 5.69 Å². The van der Waals surface area contributed by atoms with Crippen molar-refractivity contribution in [2.75, 3.05) is 13.1 Å². The highest BCUT2D eigenvalue weighted by Crippen LogP contribution is 2.25. The largest absolute Gasteiger partial charge is 0.313 e. The molecule has 0 unspecified atom stereocenters. The lowest BCUT2D eigenvalue weighted by atomic mass is 10.1. The Balaban J connectivity index is 2.97. The topological polar surface area (TPSA) is 55.2 Å². The molecule has 0 saturated heterocycles. The number of nitrogens with zero attached hydrogens (tertiary/aromatic N) is 1. The molecule has 0 aromatic heterocycles. The molecule has 0 atom stereocenters. The second kappa shape index (κ2) is 8.07. The third-order valence-electron chi connectivity index (χ3n) is 2.78. The predicted octanol–water partition coefficient (Wildman–Crippen LogP) is 4.15. The molecule has 0 amide bonds. The summed E-state index contributed by atoms with van der Waals surface area (Å²) in [6, 6.07) is 5.14. The van der Waals surface area contributed by atoms with Crippen molar-refractivity contribution < 1.29 is 4.92 Å². The van der Waals surface area contributed by atoms with Crippen LogP contribution in [0, 0.1) is 10.1 Å². The monoisotopic (exact) mass is 326 g/mol. The standard InChI is InChI=1S/C14H19BrN2O2/c1-3-7-16-10-11(4-2)8-12-5-6-13(15)9-14(12)17(18)19/h5-6,8-9,16H,3-4,7,10H2,1-2H3/b11-8+. The van der Waals surface area contributed by atoms with Crippen LogP contribution >= 0.6 is 15.9 Å². The number of nitrogens with one attached hydrogen (secondary N) is 1. The van der Waals surface area contributed by atoms with E-state index in [2.05, 4.69) is 35.1 Å². The first-order valence-electron chi connectivity index (χ1n) is 6.42. The van der Waals surface area contributed by atoms with Gasteiger partial charge in [-0.3, -0.25) is 10.1 Å². The van der Waals surface area contributed by atoms with Crippen molar-refractivity contribution in [3.05, 3.63) is 43.9 Å². The maximum absolute atomic E-state index is 11.0. The first-order valence-corrected chi connectivity index (χ1v) is 7.21. The number of nitro groups is 1. The fraction of sp³-hybridized carbons (Fsp3) is 0.429. The number of hydrogen-bond donors (Lipinski definition) is 1. The second-order valence-electron chi connectivity index (χ2n) is 4.29. The number of benzene rings is 1. The van der Waals surface area contributed by atoms with Gasteiger partial charge in [-0.1, -0.05) is 35.4 Å². The molecule has 1 rings (SSSR count). The Hall–Kier alpha value is -1.20. The summed E-state index contributed by atoms with van der Waals surface area (Å²) < 4.78 is 0.721. The SMILES string of the molecule is CCCNC/C(=C/c1ccc(Br)cc1[N+](=O)[O-])CC. The molecule has 0 aliphatic heterocycles. The molecule has 0 fully saturated rings. The number of nitro benzene ring substituents is 1. The number of hydrogen-bond acceptors (Lipinski definition) is 3. The molecule has 1 N–H and O–H groups in total. The molecule has 0 aliphatic rings. The van der Waals surface area contributed by atoms with Gasteiger partial charge in [0.05, 0.1) is 10.5 Å². The van der Waals surface area contributed by atoms with Gasteiger partial charge in [-0.15, -0.1) is 0 Å². The maximum atomic E-state index is 11.0. The Morgan fingerprint density at radius 2 is 2.21 bits per heavy atom. The molecular weight excluding hydrogens is 308 g/mol. The lowest BCUT2D eigenvalue weighted by Crippen LogP contribution is -2.17. The van der Waals surface area contributed by atoms with E-state index in [0.29, 0.717) is 5.56 Å². The van der Waals surface area contributed by atoms with Crippen LogP contribution in [0.15, 0.2) is 28.2 Å². The highest BCUT2D eigenvalue weighted by molar-refractivity contribution is 9.10. The zero-order chi connectivity index (χ0) is 14.3. The van der Waals surface area contributed by atoms with Crippen LogP contribution in [-0.2, 0) is 0 Å². The van der Waals surface area contributed by atoms with Gasteiger partial charge in [-0.2, -0.15) is 0 Å². The van der Waals surface area contributed by atoms with Crippen LogP contribution in [0.25, 0.3) is 6.08 Å². The van der Waals surface area contributed by atoms with Crippen LogP contribution < -0.4 is 5.32 Å². The fourth-order valence-corrected chi connectivity index (χ4v) is 2.07. The molecule has 19 heavy (non-hydrogen) atoms. The van der Waals surface area contributed by atoms with Crippen molar-refractivity contribution in [3.63, 3.8) is 0 Å². The molecule has 0 saturated carbocycles. The first-order chi connectivity index (χ1) is 9.08. The predicted molar refractivity (Wildman–Crippen MR) is 82.2 cm³/mol. The lowest BCUT2D eigenvalue weighted by Gasteiger charge is -2.07. The van der Waals surface area contributed by atoms with E-state index < -0.39 is 0 Å². The van der Waals surface area contributed by atoms with Crippen molar-refractivity contribution in [2.45, 2.75) is 26.7 Å². The van der Waals surface area contributed by atoms with Gasteiger partial charge in [0.15, 0.2) is 0 Å². The van der Waals surface area contributed by atoms with Gasteiger partial charge in [-0.25, -0.2) is 0 Å². The lowest BCUT2D eigenvalue weighted by molar-refractivity contribution is -0.385. The number of halogens is 1.